The molecule has 12 heavy (non-hydrogen) atoms. The van der Waals surface area contributed by atoms with E-state index in [4.69, 9.17) is 11.6 Å². The fraction of sp³-hybridized carbons (Fsp3) is 0.556. The lowest BCUT2D eigenvalue weighted by molar-refractivity contribution is 0.314. The molecule has 1 aliphatic carbocycles. The number of hydrogen-bond acceptors (Lipinski definition) is 1. The predicted molar refractivity (Wildman–Crippen MR) is 58.3 cm³/mol. The molecule has 0 amide bonds. The van der Waals surface area contributed by atoms with Crippen LogP contribution in [0.3, 0.4) is 0 Å². The quantitative estimate of drug-likeness (QED) is 0.684. The van der Waals surface area contributed by atoms with E-state index in [1.807, 2.05) is 6.07 Å². The average molecular weight is 266 g/mol. The monoisotopic (exact) mass is 264 g/mol. The highest BCUT2D eigenvalue weighted by Crippen LogP contribution is 2.46. The first-order valence-corrected chi connectivity index (χ1v) is 6.33. The number of hydrogen-bond donors (Lipinski definition) is 0. The summed E-state index contributed by atoms with van der Waals surface area (Å²) in [6.45, 7) is 0. The Bertz CT molecular complexity index is 267. The molecule has 0 aromatic carbocycles. The molecule has 0 bridgehead atoms. The molecule has 0 radical (unpaired) electrons. The third kappa shape index (κ3) is 1.57. The Morgan fingerprint density at radius 1 is 1.58 bits per heavy atom. The first-order chi connectivity index (χ1) is 5.79. The lowest BCUT2D eigenvalue weighted by atomic mass is 9.82. The van der Waals surface area contributed by atoms with E-state index in [9.17, 15) is 0 Å². The van der Waals surface area contributed by atoms with E-state index >= 15 is 0 Å². The van der Waals surface area contributed by atoms with Gasteiger partial charge in [0.25, 0.3) is 0 Å². The van der Waals surface area contributed by atoms with E-state index in [0.29, 0.717) is 4.83 Å². The van der Waals surface area contributed by atoms with Gasteiger partial charge in [-0.25, -0.2) is 0 Å². The van der Waals surface area contributed by atoms with E-state index in [2.05, 4.69) is 21.3 Å². The molecule has 0 nitrogen and oxygen atoms in total. The second-order valence-corrected chi connectivity index (χ2v) is 5.57. The van der Waals surface area contributed by atoms with Crippen molar-refractivity contribution in [3.63, 3.8) is 0 Å². The average Bonchev–Trinajstić information content (AvgIpc) is 2.31. The third-order valence-electron chi connectivity index (χ3n) is 2.46. The summed E-state index contributed by atoms with van der Waals surface area (Å²) in [5.74, 6) is 0.821. The third-order valence-corrected chi connectivity index (χ3v) is 5.41. The zero-order valence-electron chi connectivity index (χ0n) is 6.59. The van der Waals surface area contributed by atoms with Crippen molar-refractivity contribution in [2.24, 2.45) is 5.92 Å². The van der Waals surface area contributed by atoms with Gasteiger partial charge in [0.1, 0.15) is 0 Å². The molecule has 3 heteroatoms. The molecule has 2 rings (SSSR count). The van der Waals surface area contributed by atoms with Gasteiger partial charge in [-0.15, -0.1) is 11.3 Å². The van der Waals surface area contributed by atoms with Crippen LogP contribution in [0.5, 0.6) is 0 Å². The summed E-state index contributed by atoms with van der Waals surface area (Å²) in [7, 11) is 0. The Balaban J connectivity index is 2.13. The summed E-state index contributed by atoms with van der Waals surface area (Å²) in [6, 6.07) is 1.98. The van der Waals surface area contributed by atoms with Gasteiger partial charge >= 0.3 is 0 Å². The van der Waals surface area contributed by atoms with Crippen molar-refractivity contribution in [2.75, 3.05) is 0 Å². The molecular formula is C9H10BrClS. The van der Waals surface area contributed by atoms with Crippen LogP contribution in [0.1, 0.15) is 29.0 Å². The molecule has 0 spiro atoms. The lowest BCUT2D eigenvalue weighted by Crippen LogP contribution is -2.15. The van der Waals surface area contributed by atoms with Crippen LogP contribution in [0.4, 0.5) is 0 Å². The highest BCUT2D eigenvalue weighted by molar-refractivity contribution is 9.09. The number of alkyl halides is 1. The van der Waals surface area contributed by atoms with Crippen LogP contribution in [0.2, 0.25) is 5.02 Å². The zero-order valence-corrected chi connectivity index (χ0v) is 9.75. The number of rotatable bonds is 2. The Labute approximate surface area is 90.1 Å². The molecule has 0 saturated heterocycles. The normalized spacial score (nSPS) is 20.5. The molecule has 0 N–H and O–H groups in total. The van der Waals surface area contributed by atoms with E-state index in [1.165, 1.54) is 24.1 Å². The molecule has 0 aliphatic heterocycles. The molecule has 1 unspecified atom stereocenters. The van der Waals surface area contributed by atoms with Gasteiger partial charge in [0.15, 0.2) is 0 Å². The van der Waals surface area contributed by atoms with Gasteiger partial charge in [0, 0.05) is 4.88 Å². The van der Waals surface area contributed by atoms with Crippen LogP contribution in [0, 0.1) is 5.92 Å². The summed E-state index contributed by atoms with van der Waals surface area (Å²) in [6.07, 6.45) is 4.09. The smallest absolute Gasteiger partial charge is 0.0556 e. The summed E-state index contributed by atoms with van der Waals surface area (Å²) in [5.41, 5.74) is 0. The summed E-state index contributed by atoms with van der Waals surface area (Å²) < 4.78 is 0. The minimum Gasteiger partial charge on any atom is -0.146 e. The van der Waals surface area contributed by atoms with Crippen LogP contribution >= 0.6 is 38.9 Å². The Hall–Kier alpha value is 0.470. The van der Waals surface area contributed by atoms with Crippen molar-refractivity contribution in [1.29, 1.82) is 0 Å². The van der Waals surface area contributed by atoms with E-state index in [-0.39, 0.29) is 0 Å². The van der Waals surface area contributed by atoms with Gasteiger partial charge in [-0.3, -0.25) is 0 Å². The molecule has 1 atom stereocenters. The van der Waals surface area contributed by atoms with Crippen LogP contribution in [0.15, 0.2) is 11.4 Å². The van der Waals surface area contributed by atoms with Crippen molar-refractivity contribution < 1.29 is 0 Å². The summed E-state index contributed by atoms with van der Waals surface area (Å²) >= 11 is 11.5. The fourth-order valence-corrected chi connectivity index (χ4v) is 3.92. The van der Waals surface area contributed by atoms with Gasteiger partial charge in [-0.1, -0.05) is 34.0 Å². The summed E-state index contributed by atoms with van der Waals surface area (Å²) in [4.78, 5) is 1.81. The van der Waals surface area contributed by atoms with Gasteiger partial charge in [0.2, 0.25) is 0 Å². The molecule has 1 aromatic heterocycles. The largest absolute Gasteiger partial charge is 0.146 e. The minimum absolute atomic E-state index is 0.499. The molecule has 1 saturated carbocycles. The van der Waals surface area contributed by atoms with Gasteiger partial charge in [0.05, 0.1) is 9.85 Å². The number of halogens is 2. The standard InChI is InChI=1S/C9H10BrClS/c10-8(6-2-1-3-6)9-7(11)4-5-12-9/h4-6,8H,1-3H2. The van der Waals surface area contributed by atoms with Crippen molar-refractivity contribution in [3.05, 3.63) is 21.3 Å². The molecule has 66 valence electrons. The minimum atomic E-state index is 0.499. The molecule has 1 heterocycles. The number of thiophene rings is 1. The second kappa shape index (κ2) is 3.69. The molecule has 1 fully saturated rings. The van der Waals surface area contributed by atoms with Crippen molar-refractivity contribution in [3.8, 4) is 0 Å². The van der Waals surface area contributed by atoms with Crippen LogP contribution in [-0.4, -0.2) is 0 Å². The van der Waals surface area contributed by atoms with Crippen LogP contribution in [-0.2, 0) is 0 Å². The van der Waals surface area contributed by atoms with Gasteiger partial charge < -0.3 is 0 Å². The molecule has 1 aromatic rings. The first-order valence-electron chi connectivity index (χ1n) is 4.16. The maximum absolute atomic E-state index is 6.04. The van der Waals surface area contributed by atoms with Gasteiger partial charge in [-0.05, 0) is 30.2 Å². The van der Waals surface area contributed by atoms with E-state index in [0.717, 1.165) is 10.9 Å². The molecule has 1 aliphatic rings. The SMILES string of the molecule is Clc1ccsc1C(Br)C1CCC1. The van der Waals surface area contributed by atoms with E-state index < -0.39 is 0 Å². The maximum Gasteiger partial charge on any atom is 0.0556 e. The first kappa shape index (κ1) is 9.04. The van der Waals surface area contributed by atoms with Crippen LogP contribution < -0.4 is 0 Å². The maximum atomic E-state index is 6.04. The Morgan fingerprint density at radius 3 is 2.75 bits per heavy atom. The predicted octanol–water partition coefficient (Wildman–Crippen LogP) is 4.64. The second-order valence-electron chi connectivity index (χ2n) is 3.23. The zero-order chi connectivity index (χ0) is 8.55. The van der Waals surface area contributed by atoms with Crippen molar-refractivity contribution in [1.82, 2.24) is 0 Å². The van der Waals surface area contributed by atoms with E-state index in [1.54, 1.807) is 11.3 Å². The summed E-state index contributed by atoms with van der Waals surface area (Å²) in [5, 5.41) is 2.98. The molecular weight excluding hydrogens is 256 g/mol. The van der Waals surface area contributed by atoms with Crippen molar-refractivity contribution in [2.45, 2.75) is 24.1 Å². The topological polar surface area (TPSA) is 0 Å². The van der Waals surface area contributed by atoms with Gasteiger partial charge in [-0.2, -0.15) is 0 Å². The Morgan fingerprint density at radius 2 is 2.33 bits per heavy atom. The lowest BCUT2D eigenvalue weighted by Gasteiger charge is -2.29. The highest BCUT2D eigenvalue weighted by Gasteiger charge is 2.28. The van der Waals surface area contributed by atoms with Crippen molar-refractivity contribution >= 4 is 38.9 Å². The highest BCUT2D eigenvalue weighted by atomic mass is 79.9. The van der Waals surface area contributed by atoms with Crippen LogP contribution in [0.25, 0.3) is 0 Å². The Kier molecular flexibility index (Phi) is 2.78. The fourth-order valence-electron chi connectivity index (χ4n) is 1.45.